The molecule has 2 atom stereocenters. The molecule has 1 aromatic rings. The van der Waals surface area contributed by atoms with Crippen molar-refractivity contribution >= 4 is 27.6 Å². The Hall–Kier alpha value is -2.38. The van der Waals surface area contributed by atoms with Gasteiger partial charge < -0.3 is 27.4 Å². The molecule has 0 radical (unpaired) electrons. The zero-order chi connectivity index (χ0) is 31.1. The second-order valence-corrected chi connectivity index (χ2v) is 13.0. The summed E-state index contributed by atoms with van der Waals surface area (Å²) in [6.45, 7) is 5.59. The first-order valence-corrected chi connectivity index (χ1v) is 16.9. The lowest BCUT2D eigenvalue weighted by molar-refractivity contribution is -0.135. The predicted octanol–water partition coefficient (Wildman–Crippen LogP) is 1.53. The highest BCUT2D eigenvalue weighted by molar-refractivity contribution is 7.89. The van der Waals surface area contributed by atoms with Gasteiger partial charge in [-0.15, -0.1) is 0 Å². The molecule has 0 saturated heterocycles. The highest BCUT2D eigenvalue weighted by atomic mass is 32.2. The van der Waals surface area contributed by atoms with Crippen LogP contribution in [0.15, 0.2) is 29.2 Å². The first-order valence-electron chi connectivity index (χ1n) is 15.4. The number of nitrogens with two attached hydrogens (primary N) is 3. The summed E-state index contributed by atoms with van der Waals surface area (Å²) in [4.78, 5) is 40.8. The van der Waals surface area contributed by atoms with Gasteiger partial charge in [0.25, 0.3) is 0 Å². The molecule has 1 aromatic carbocycles. The normalized spacial score (nSPS) is 15.8. The number of amides is 2. The zero-order valence-corrected chi connectivity index (χ0v) is 26.2. The molecule has 7 N–H and O–H groups in total. The van der Waals surface area contributed by atoms with Crippen LogP contribution in [0.5, 0.6) is 0 Å². The predicted molar refractivity (Wildman–Crippen MR) is 165 cm³/mol. The van der Waals surface area contributed by atoms with Crippen LogP contribution >= 0.6 is 0 Å². The first-order chi connectivity index (χ1) is 20.1. The van der Waals surface area contributed by atoms with Crippen molar-refractivity contribution in [1.82, 2.24) is 14.5 Å². The summed E-state index contributed by atoms with van der Waals surface area (Å²) in [6, 6.07) is 4.81. The minimum atomic E-state index is -3.56. The maximum absolute atomic E-state index is 13.4. The topological polar surface area (TPSA) is 182 Å². The Balaban J connectivity index is 2.05. The summed E-state index contributed by atoms with van der Waals surface area (Å²) >= 11 is 0. The van der Waals surface area contributed by atoms with Gasteiger partial charge in [0.15, 0.2) is 5.78 Å². The molecule has 238 valence electrons. The second-order valence-electron chi connectivity index (χ2n) is 11.1. The summed E-state index contributed by atoms with van der Waals surface area (Å²) in [5.41, 5.74) is 18.1. The minimum Gasteiger partial charge on any atom is -0.345 e. The number of benzene rings is 1. The quantitative estimate of drug-likeness (QED) is 0.182. The van der Waals surface area contributed by atoms with E-state index in [1.54, 1.807) is 38.1 Å². The SMILES string of the molecule is CCN(CC)S(=O)(=O)c1ccc(CCC(=O)[C@H](CCC2CCCCC2)NC(=O)[C@@H](N)CC(=O)N(CCN)CCN)cc1. The molecule has 0 aromatic heterocycles. The number of hydrogen-bond acceptors (Lipinski definition) is 8. The van der Waals surface area contributed by atoms with Crippen molar-refractivity contribution in [2.75, 3.05) is 39.3 Å². The number of aryl methyl sites for hydroxylation is 1. The summed E-state index contributed by atoms with van der Waals surface area (Å²) < 4.78 is 27.0. The van der Waals surface area contributed by atoms with E-state index in [2.05, 4.69) is 5.32 Å². The lowest BCUT2D eigenvalue weighted by Crippen LogP contribution is -2.51. The Labute approximate surface area is 252 Å². The molecular formula is C30H52N6O5S. The Morgan fingerprint density at radius 1 is 0.976 bits per heavy atom. The van der Waals surface area contributed by atoms with E-state index in [0.29, 0.717) is 44.9 Å². The Kier molecular flexibility index (Phi) is 15.6. The van der Waals surface area contributed by atoms with Crippen LogP contribution in [0.1, 0.15) is 77.2 Å². The molecule has 42 heavy (non-hydrogen) atoms. The summed E-state index contributed by atoms with van der Waals surface area (Å²) in [5.74, 6) is -0.408. The molecule has 1 aliphatic rings. The van der Waals surface area contributed by atoms with Crippen LogP contribution in [0.2, 0.25) is 0 Å². The van der Waals surface area contributed by atoms with Crippen LogP contribution in [0, 0.1) is 5.92 Å². The Morgan fingerprint density at radius 3 is 2.12 bits per heavy atom. The van der Waals surface area contributed by atoms with Crippen molar-refractivity contribution in [1.29, 1.82) is 0 Å². The van der Waals surface area contributed by atoms with Gasteiger partial charge in [0, 0.05) is 45.7 Å². The van der Waals surface area contributed by atoms with Crippen molar-refractivity contribution in [2.45, 2.75) is 95.0 Å². The lowest BCUT2D eigenvalue weighted by atomic mass is 9.84. The summed E-state index contributed by atoms with van der Waals surface area (Å²) in [5, 5.41) is 2.84. The molecule has 2 amide bonds. The highest BCUT2D eigenvalue weighted by Gasteiger charge is 2.27. The standard InChI is InChI=1S/C30H52N6O5S/c1-3-36(4-2)42(40,41)25-14-10-24(11-15-25)13-17-28(37)27(16-12-23-8-6-5-7-9-23)34-30(39)26(33)22-29(38)35(20-18-31)21-19-32/h10-11,14-15,23,26-27H,3-9,12-13,16-22,31-33H2,1-2H3,(H,34,39)/t26-,27-/m0/s1. The number of sulfonamides is 1. The average molecular weight is 609 g/mol. The maximum Gasteiger partial charge on any atom is 0.243 e. The molecule has 0 unspecified atom stereocenters. The smallest absolute Gasteiger partial charge is 0.243 e. The molecule has 0 bridgehead atoms. The molecule has 12 heteroatoms. The molecule has 2 rings (SSSR count). The van der Waals surface area contributed by atoms with Crippen LogP contribution in [-0.2, 0) is 30.8 Å². The van der Waals surface area contributed by atoms with E-state index in [1.165, 1.54) is 28.5 Å². The third-order valence-corrected chi connectivity index (χ3v) is 10.2. The molecule has 1 fully saturated rings. The van der Waals surface area contributed by atoms with Gasteiger partial charge in [0.1, 0.15) is 0 Å². The largest absolute Gasteiger partial charge is 0.345 e. The van der Waals surface area contributed by atoms with E-state index in [4.69, 9.17) is 17.2 Å². The molecule has 1 aliphatic carbocycles. The number of nitrogens with one attached hydrogen (secondary N) is 1. The van der Waals surface area contributed by atoms with Crippen LogP contribution in [0.25, 0.3) is 0 Å². The number of hydrogen-bond donors (Lipinski definition) is 4. The average Bonchev–Trinajstić information content (AvgIpc) is 2.98. The van der Waals surface area contributed by atoms with Gasteiger partial charge >= 0.3 is 0 Å². The van der Waals surface area contributed by atoms with E-state index >= 15 is 0 Å². The van der Waals surface area contributed by atoms with Gasteiger partial charge in [-0.2, -0.15) is 4.31 Å². The number of ketones is 1. The fraction of sp³-hybridized carbons (Fsp3) is 0.700. The van der Waals surface area contributed by atoms with Crippen LogP contribution in [-0.4, -0.2) is 86.6 Å². The van der Waals surface area contributed by atoms with Gasteiger partial charge in [-0.05, 0) is 42.9 Å². The minimum absolute atomic E-state index is 0.106. The van der Waals surface area contributed by atoms with Crippen molar-refractivity contribution in [3.8, 4) is 0 Å². The number of Topliss-reactive ketones (excluding diaryl/α,β-unsaturated/α-hetero) is 1. The van der Waals surface area contributed by atoms with E-state index in [9.17, 15) is 22.8 Å². The molecule has 11 nitrogen and oxygen atoms in total. The van der Waals surface area contributed by atoms with E-state index in [1.807, 2.05) is 0 Å². The molecule has 1 saturated carbocycles. The fourth-order valence-corrected chi connectivity index (χ4v) is 6.99. The van der Waals surface area contributed by atoms with Crippen molar-refractivity contribution in [3.05, 3.63) is 29.8 Å². The van der Waals surface area contributed by atoms with Crippen LogP contribution in [0.3, 0.4) is 0 Å². The number of rotatable bonds is 19. The van der Waals surface area contributed by atoms with Gasteiger partial charge in [-0.25, -0.2) is 8.42 Å². The Morgan fingerprint density at radius 2 is 1.57 bits per heavy atom. The second kappa shape index (κ2) is 18.3. The lowest BCUT2D eigenvalue weighted by Gasteiger charge is -2.26. The van der Waals surface area contributed by atoms with Crippen LogP contribution in [0.4, 0.5) is 0 Å². The van der Waals surface area contributed by atoms with Crippen molar-refractivity contribution in [2.24, 2.45) is 23.1 Å². The molecule has 0 spiro atoms. The summed E-state index contributed by atoms with van der Waals surface area (Å²) in [6.07, 6.45) is 7.62. The van der Waals surface area contributed by atoms with Crippen molar-refractivity contribution < 1.29 is 22.8 Å². The van der Waals surface area contributed by atoms with Gasteiger partial charge in [-0.3, -0.25) is 14.4 Å². The Bertz CT molecular complexity index is 1080. The number of carbonyl (C=O) groups is 3. The third-order valence-electron chi connectivity index (χ3n) is 8.10. The molecule has 0 aliphatic heterocycles. The van der Waals surface area contributed by atoms with Gasteiger partial charge in [-0.1, -0.05) is 58.1 Å². The first kappa shape index (κ1) is 35.8. The third kappa shape index (κ3) is 11.0. The van der Waals surface area contributed by atoms with E-state index in [-0.39, 0.29) is 42.5 Å². The molecule has 0 heterocycles. The zero-order valence-electron chi connectivity index (χ0n) is 25.4. The van der Waals surface area contributed by atoms with E-state index in [0.717, 1.165) is 24.8 Å². The fourth-order valence-electron chi connectivity index (χ4n) is 5.54. The van der Waals surface area contributed by atoms with E-state index < -0.39 is 28.0 Å². The maximum atomic E-state index is 13.4. The van der Waals surface area contributed by atoms with Gasteiger partial charge in [0.2, 0.25) is 21.8 Å². The molecular weight excluding hydrogens is 556 g/mol. The van der Waals surface area contributed by atoms with Crippen molar-refractivity contribution in [3.63, 3.8) is 0 Å². The monoisotopic (exact) mass is 608 g/mol. The highest BCUT2D eigenvalue weighted by Crippen LogP contribution is 2.28. The number of carbonyl (C=O) groups excluding carboxylic acids is 3. The van der Waals surface area contributed by atoms with Gasteiger partial charge in [0.05, 0.1) is 23.4 Å². The van der Waals surface area contributed by atoms with Crippen LogP contribution < -0.4 is 22.5 Å². The number of nitrogens with zero attached hydrogens (tertiary/aromatic N) is 2. The summed E-state index contributed by atoms with van der Waals surface area (Å²) in [7, 11) is -3.56.